The molecule has 2 aromatic heterocycles. The Morgan fingerprint density at radius 1 is 1.45 bits per heavy atom. The highest BCUT2D eigenvalue weighted by Crippen LogP contribution is 2.16. The Kier molecular flexibility index (Phi) is 5.15. The van der Waals surface area contributed by atoms with Gasteiger partial charge in [0.2, 0.25) is 0 Å². The molecule has 5 heteroatoms. The van der Waals surface area contributed by atoms with Gasteiger partial charge in [-0.25, -0.2) is 4.98 Å². The van der Waals surface area contributed by atoms with E-state index in [4.69, 9.17) is 11.6 Å². The number of aryl methyl sites for hydroxylation is 2. The first kappa shape index (κ1) is 15.0. The largest absolute Gasteiger partial charge is 0.347 e. The summed E-state index contributed by atoms with van der Waals surface area (Å²) in [6, 6.07) is 5.47. The Bertz CT molecular complexity index is 610. The maximum atomic E-state index is 12.2. The van der Waals surface area contributed by atoms with Crippen molar-refractivity contribution in [3.8, 4) is 0 Å². The Morgan fingerprint density at radius 2 is 2.25 bits per heavy atom. The molecule has 106 valence electrons. The molecule has 1 N–H and O–H groups in total. The molecule has 0 atom stereocenters. The fourth-order valence-electron chi connectivity index (χ4n) is 1.91. The Balaban J connectivity index is 2.07. The van der Waals surface area contributed by atoms with Gasteiger partial charge in [-0.1, -0.05) is 24.9 Å². The minimum absolute atomic E-state index is 0.112. The van der Waals surface area contributed by atoms with Crippen molar-refractivity contribution in [1.29, 1.82) is 0 Å². The molecule has 0 fully saturated rings. The number of hydrogen-bond donors (Lipinski definition) is 1. The summed E-state index contributed by atoms with van der Waals surface area (Å²) in [4.78, 5) is 17.6. The van der Waals surface area contributed by atoms with Crippen molar-refractivity contribution in [3.05, 3.63) is 50.4 Å². The second kappa shape index (κ2) is 6.86. The summed E-state index contributed by atoms with van der Waals surface area (Å²) in [6.45, 7) is 4.66. The number of rotatable bonds is 5. The number of amides is 1. The lowest BCUT2D eigenvalue weighted by Crippen LogP contribution is -2.23. The van der Waals surface area contributed by atoms with E-state index in [1.165, 1.54) is 10.4 Å². The van der Waals surface area contributed by atoms with E-state index in [0.717, 1.165) is 18.5 Å². The molecule has 3 nitrogen and oxygen atoms in total. The topological polar surface area (TPSA) is 42.0 Å². The molecule has 0 bridgehead atoms. The van der Waals surface area contributed by atoms with Crippen LogP contribution in [0.1, 0.15) is 39.8 Å². The number of carbonyl (C=O) groups is 1. The molecule has 0 spiro atoms. The second-order valence-corrected chi connectivity index (χ2v) is 6.02. The van der Waals surface area contributed by atoms with Gasteiger partial charge in [-0.2, -0.15) is 0 Å². The number of nitrogens with one attached hydrogen (secondary N) is 1. The molecular weight excluding hydrogens is 292 g/mol. The van der Waals surface area contributed by atoms with Gasteiger partial charge >= 0.3 is 0 Å². The summed E-state index contributed by atoms with van der Waals surface area (Å²) >= 11 is 7.61. The van der Waals surface area contributed by atoms with Gasteiger partial charge in [0.05, 0.1) is 6.54 Å². The van der Waals surface area contributed by atoms with Crippen molar-refractivity contribution < 1.29 is 4.79 Å². The minimum atomic E-state index is -0.112. The zero-order valence-electron chi connectivity index (χ0n) is 11.6. The number of carbonyl (C=O) groups excluding carboxylic acids is 1. The van der Waals surface area contributed by atoms with Crippen LogP contribution in [0.15, 0.2) is 23.6 Å². The Hall–Kier alpha value is -1.39. The van der Waals surface area contributed by atoms with Crippen molar-refractivity contribution in [3.63, 3.8) is 0 Å². The van der Waals surface area contributed by atoms with Crippen molar-refractivity contribution >= 4 is 28.8 Å². The van der Waals surface area contributed by atoms with Gasteiger partial charge < -0.3 is 5.32 Å². The fraction of sp³-hybridized carbons (Fsp3) is 0.333. The zero-order valence-corrected chi connectivity index (χ0v) is 13.1. The van der Waals surface area contributed by atoms with Crippen molar-refractivity contribution in [2.75, 3.05) is 0 Å². The SMILES string of the molecule is CCCc1cc(C(=O)NCc2sccc2C)cc(Cl)n1. The van der Waals surface area contributed by atoms with Crippen LogP contribution in [0.4, 0.5) is 0 Å². The van der Waals surface area contributed by atoms with Crippen molar-refractivity contribution in [1.82, 2.24) is 10.3 Å². The highest BCUT2D eigenvalue weighted by Gasteiger charge is 2.10. The molecule has 0 saturated carbocycles. The lowest BCUT2D eigenvalue weighted by atomic mass is 10.1. The van der Waals surface area contributed by atoms with E-state index >= 15 is 0 Å². The molecular formula is C15H17ClN2OS. The van der Waals surface area contributed by atoms with E-state index in [-0.39, 0.29) is 5.91 Å². The van der Waals surface area contributed by atoms with Crippen LogP contribution in [0.3, 0.4) is 0 Å². The summed E-state index contributed by atoms with van der Waals surface area (Å²) in [5.74, 6) is -0.112. The Labute approximate surface area is 128 Å². The average Bonchev–Trinajstić information content (AvgIpc) is 2.81. The van der Waals surface area contributed by atoms with Crippen molar-refractivity contribution in [2.45, 2.75) is 33.2 Å². The molecule has 0 radical (unpaired) electrons. The van der Waals surface area contributed by atoms with Crippen molar-refractivity contribution in [2.24, 2.45) is 0 Å². The highest BCUT2D eigenvalue weighted by atomic mass is 35.5. The third kappa shape index (κ3) is 3.81. The maximum absolute atomic E-state index is 12.2. The lowest BCUT2D eigenvalue weighted by molar-refractivity contribution is 0.0951. The van der Waals surface area contributed by atoms with Crippen LogP contribution in [-0.4, -0.2) is 10.9 Å². The van der Waals surface area contributed by atoms with Gasteiger partial charge in [0.1, 0.15) is 5.15 Å². The molecule has 2 heterocycles. The van der Waals surface area contributed by atoms with Crippen LogP contribution in [0, 0.1) is 6.92 Å². The van der Waals surface area contributed by atoms with E-state index in [1.807, 2.05) is 18.4 Å². The zero-order chi connectivity index (χ0) is 14.5. The molecule has 0 aromatic carbocycles. The lowest BCUT2D eigenvalue weighted by Gasteiger charge is -2.07. The second-order valence-electron chi connectivity index (χ2n) is 4.63. The molecule has 0 saturated heterocycles. The average molecular weight is 309 g/mol. The minimum Gasteiger partial charge on any atom is -0.347 e. The number of aromatic nitrogens is 1. The quantitative estimate of drug-likeness (QED) is 0.849. The van der Waals surface area contributed by atoms with Crippen LogP contribution < -0.4 is 5.32 Å². The molecule has 20 heavy (non-hydrogen) atoms. The first-order valence-electron chi connectivity index (χ1n) is 6.57. The summed E-state index contributed by atoms with van der Waals surface area (Å²) in [7, 11) is 0. The fourth-order valence-corrected chi connectivity index (χ4v) is 2.99. The van der Waals surface area contributed by atoms with Gasteiger partial charge in [0, 0.05) is 16.1 Å². The smallest absolute Gasteiger partial charge is 0.251 e. The Morgan fingerprint density at radius 3 is 2.90 bits per heavy atom. The molecule has 0 unspecified atom stereocenters. The van der Waals surface area contributed by atoms with E-state index in [1.54, 1.807) is 17.4 Å². The number of thiophene rings is 1. The number of nitrogens with zero attached hydrogens (tertiary/aromatic N) is 1. The highest BCUT2D eigenvalue weighted by molar-refractivity contribution is 7.10. The van der Waals surface area contributed by atoms with Crippen LogP contribution in [-0.2, 0) is 13.0 Å². The van der Waals surface area contributed by atoms with Gasteiger partial charge in [0.15, 0.2) is 0 Å². The third-order valence-corrected chi connectivity index (χ3v) is 4.21. The number of halogens is 1. The summed E-state index contributed by atoms with van der Waals surface area (Å²) in [5, 5.41) is 5.32. The molecule has 0 aliphatic rings. The van der Waals surface area contributed by atoms with E-state index in [0.29, 0.717) is 17.3 Å². The summed E-state index contributed by atoms with van der Waals surface area (Å²) in [5.41, 5.74) is 2.63. The van der Waals surface area contributed by atoms with Crippen LogP contribution in [0.2, 0.25) is 5.15 Å². The maximum Gasteiger partial charge on any atom is 0.251 e. The molecule has 2 aromatic rings. The van der Waals surface area contributed by atoms with Gasteiger partial charge in [-0.3, -0.25) is 4.79 Å². The first-order chi connectivity index (χ1) is 9.60. The predicted octanol–water partition coefficient (Wildman–Crippen LogP) is 3.99. The first-order valence-corrected chi connectivity index (χ1v) is 7.83. The predicted molar refractivity (Wildman–Crippen MR) is 83.5 cm³/mol. The van der Waals surface area contributed by atoms with E-state index < -0.39 is 0 Å². The number of pyridine rings is 1. The summed E-state index contributed by atoms with van der Waals surface area (Å²) < 4.78 is 0. The third-order valence-electron chi connectivity index (χ3n) is 2.99. The summed E-state index contributed by atoms with van der Waals surface area (Å²) in [6.07, 6.45) is 1.80. The van der Waals surface area contributed by atoms with Crippen LogP contribution >= 0.6 is 22.9 Å². The molecule has 2 rings (SSSR count). The van der Waals surface area contributed by atoms with E-state index in [9.17, 15) is 4.79 Å². The normalized spacial score (nSPS) is 10.6. The van der Waals surface area contributed by atoms with E-state index in [2.05, 4.69) is 23.3 Å². The van der Waals surface area contributed by atoms with Crippen LogP contribution in [0.5, 0.6) is 0 Å². The molecule has 0 aliphatic carbocycles. The van der Waals surface area contributed by atoms with Gasteiger partial charge in [-0.15, -0.1) is 11.3 Å². The molecule has 1 amide bonds. The van der Waals surface area contributed by atoms with Crippen LogP contribution in [0.25, 0.3) is 0 Å². The molecule has 0 aliphatic heterocycles. The number of hydrogen-bond acceptors (Lipinski definition) is 3. The van der Waals surface area contributed by atoms with Gasteiger partial charge in [-0.05, 0) is 42.5 Å². The standard InChI is InChI=1S/C15H17ClN2OS/c1-3-4-12-7-11(8-14(16)18-12)15(19)17-9-13-10(2)5-6-20-13/h5-8H,3-4,9H2,1-2H3,(H,17,19). The monoisotopic (exact) mass is 308 g/mol. The van der Waals surface area contributed by atoms with Gasteiger partial charge in [0.25, 0.3) is 5.91 Å².